The highest BCUT2D eigenvalue weighted by Crippen LogP contribution is 2.27. The molecule has 0 radical (unpaired) electrons. The third kappa shape index (κ3) is 4.05. The van der Waals surface area contributed by atoms with Crippen LogP contribution in [0.2, 0.25) is 0 Å². The van der Waals surface area contributed by atoms with Crippen molar-refractivity contribution in [1.82, 2.24) is 0 Å². The molecule has 0 aromatic heterocycles. The molecule has 98 valence electrons. The minimum absolute atomic E-state index is 0.196. The summed E-state index contributed by atoms with van der Waals surface area (Å²) in [5, 5.41) is 8.55. The van der Waals surface area contributed by atoms with Crippen LogP contribution in [-0.2, 0) is 5.41 Å². The number of nitriles is 1. The lowest BCUT2D eigenvalue weighted by Gasteiger charge is -2.23. The Labute approximate surface area is 110 Å². The maximum Gasteiger partial charge on any atom is 0.119 e. The first kappa shape index (κ1) is 14.5. The molecule has 18 heavy (non-hydrogen) atoms. The number of nitrogens with two attached hydrogens (primary N) is 1. The first-order valence-electron chi connectivity index (χ1n) is 6.38. The van der Waals surface area contributed by atoms with Gasteiger partial charge in [-0.05, 0) is 29.5 Å². The quantitative estimate of drug-likeness (QED) is 0.839. The van der Waals surface area contributed by atoms with E-state index in [1.165, 1.54) is 5.56 Å². The van der Waals surface area contributed by atoms with E-state index < -0.39 is 6.04 Å². The molecule has 0 aliphatic rings. The Hall–Kier alpha value is -1.53. The molecule has 0 aliphatic heterocycles. The minimum atomic E-state index is -0.441. The highest BCUT2D eigenvalue weighted by molar-refractivity contribution is 5.31. The highest BCUT2D eigenvalue weighted by Gasteiger charge is 2.17. The van der Waals surface area contributed by atoms with Crippen LogP contribution in [0.25, 0.3) is 0 Å². The molecule has 1 aromatic carbocycles. The van der Waals surface area contributed by atoms with Gasteiger partial charge in [-0.25, -0.2) is 0 Å². The van der Waals surface area contributed by atoms with Gasteiger partial charge in [0.25, 0.3) is 0 Å². The molecule has 0 bridgehead atoms. The fourth-order valence-corrected chi connectivity index (χ4v) is 1.57. The van der Waals surface area contributed by atoms with Crippen LogP contribution in [-0.4, -0.2) is 12.6 Å². The van der Waals surface area contributed by atoms with Gasteiger partial charge in [-0.1, -0.05) is 32.9 Å². The van der Waals surface area contributed by atoms with Crippen LogP contribution in [0.1, 0.15) is 39.2 Å². The van der Waals surface area contributed by atoms with E-state index in [9.17, 15) is 0 Å². The molecule has 1 aromatic rings. The predicted octanol–water partition coefficient (Wildman–Crippen LogP) is 2.99. The lowest BCUT2D eigenvalue weighted by molar-refractivity contribution is 0.306. The van der Waals surface area contributed by atoms with Gasteiger partial charge in [0.15, 0.2) is 0 Å². The van der Waals surface area contributed by atoms with Crippen LogP contribution < -0.4 is 10.5 Å². The predicted molar refractivity (Wildman–Crippen MR) is 73.5 cm³/mol. The first-order chi connectivity index (χ1) is 8.49. The molecule has 0 fully saturated rings. The molecule has 0 spiro atoms. The summed E-state index contributed by atoms with van der Waals surface area (Å²) >= 11 is 0. The molecule has 1 unspecified atom stereocenters. The van der Waals surface area contributed by atoms with Crippen molar-refractivity contribution < 1.29 is 4.74 Å². The van der Waals surface area contributed by atoms with Crippen LogP contribution in [0.5, 0.6) is 5.75 Å². The molecule has 0 saturated heterocycles. The normalized spacial score (nSPS) is 12.8. The van der Waals surface area contributed by atoms with Gasteiger partial charge in [-0.15, -0.1) is 0 Å². The topological polar surface area (TPSA) is 59.0 Å². The maximum atomic E-state index is 8.55. The summed E-state index contributed by atoms with van der Waals surface area (Å²) < 4.78 is 5.55. The summed E-state index contributed by atoms with van der Waals surface area (Å²) in [6.07, 6.45) is 1.66. The zero-order chi connectivity index (χ0) is 13.6. The molecular formula is C15H22N2O. The van der Waals surface area contributed by atoms with E-state index in [2.05, 4.69) is 32.9 Å². The number of benzene rings is 1. The van der Waals surface area contributed by atoms with Gasteiger partial charge in [0, 0.05) is 6.42 Å². The second kappa shape index (κ2) is 6.42. The van der Waals surface area contributed by atoms with Crippen LogP contribution >= 0.6 is 0 Å². The Bertz CT molecular complexity index is 403. The third-order valence-corrected chi connectivity index (χ3v) is 3.38. The number of hydrogen-bond acceptors (Lipinski definition) is 3. The molecular weight excluding hydrogens is 224 g/mol. The maximum absolute atomic E-state index is 8.55. The summed E-state index contributed by atoms with van der Waals surface area (Å²) in [6, 6.07) is 9.70. The van der Waals surface area contributed by atoms with E-state index in [0.717, 1.165) is 12.2 Å². The van der Waals surface area contributed by atoms with E-state index in [4.69, 9.17) is 15.7 Å². The Morgan fingerprint density at radius 2 is 1.94 bits per heavy atom. The third-order valence-electron chi connectivity index (χ3n) is 3.38. The Morgan fingerprint density at radius 3 is 2.44 bits per heavy atom. The Morgan fingerprint density at radius 1 is 1.33 bits per heavy atom. The van der Waals surface area contributed by atoms with Crippen molar-refractivity contribution >= 4 is 0 Å². The summed E-state index contributed by atoms with van der Waals surface area (Å²) in [4.78, 5) is 0. The van der Waals surface area contributed by atoms with Crippen LogP contribution in [0, 0.1) is 11.3 Å². The molecule has 3 heteroatoms. The standard InChI is InChI=1S/C15H22N2O/c1-4-15(2,3)12-5-7-14(8-6-12)18-10-9-13(17)11-16/h5-8,13H,4,9-10,17H2,1-3H3. The van der Waals surface area contributed by atoms with Gasteiger partial charge in [-0.2, -0.15) is 5.26 Å². The van der Waals surface area contributed by atoms with Crippen molar-refractivity contribution in [2.45, 2.75) is 45.1 Å². The van der Waals surface area contributed by atoms with Gasteiger partial charge in [0.05, 0.1) is 18.7 Å². The van der Waals surface area contributed by atoms with E-state index in [1.54, 1.807) is 0 Å². The number of ether oxygens (including phenoxy) is 1. The van der Waals surface area contributed by atoms with Crippen LogP contribution in [0.15, 0.2) is 24.3 Å². The summed E-state index contributed by atoms with van der Waals surface area (Å²) in [6.45, 7) is 7.13. The van der Waals surface area contributed by atoms with Crippen molar-refractivity contribution in [2.24, 2.45) is 5.73 Å². The Kier molecular flexibility index (Phi) is 5.18. The molecule has 0 aliphatic carbocycles. The van der Waals surface area contributed by atoms with Crippen molar-refractivity contribution in [3.63, 3.8) is 0 Å². The number of rotatable bonds is 6. The number of hydrogen-bond donors (Lipinski definition) is 1. The zero-order valence-electron chi connectivity index (χ0n) is 11.4. The average molecular weight is 246 g/mol. The molecule has 1 atom stereocenters. The van der Waals surface area contributed by atoms with E-state index in [1.807, 2.05) is 18.2 Å². The number of nitrogens with zero attached hydrogens (tertiary/aromatic N) is 1. The zero-order valence-corrected chi connectivity index (χ0v) is 11.4. The highest BCUT2D eigenvalue weighted by atomic mass is 16.5. The molecule has 3 nitrogen and oxygen atoms in total. The van der Waals surface area contributed by atoms with Gasteiger partial charge in [0.1, 0.15) is 5.75 Å². The van der Waals surface area contributed by atoms with Crippen molar-refractivity contribution in [3.8, 4) is 11.8 Å². The molecule has 0 amide bonds. The summed E-state index contributed by atoms with van der Waals surface area (Å²) in [7, 11) is 0. The lowest BCUT2D eigenvalue weighted by atomic mass is 9.82. The van der Waals surface area contributed by atoms with Gasteiger partial charge < -0.3 is 10.5 Å². The largest absolute Gasteiger partial charge is 0.493 e. The van der Waals surface area contributed by atoms with E-state index in [-0.39, 0.29) is 5.41 Å². The van der Waals surface area contributed by atoms with Gasteiger partial charge in [0.2, 0.25) is 0 Å². The average Bonchev–Trinajstić information content (AvgIpc) is 2.39. The monoisotopic (exact) mass is 246 g/mol. The summed E-state index contributed by atoms with van der Waals surface area (Å²) in [5.41, 5.74) is 7.00. The molecule has 0 saturated carbocycles. The van der Waals surface area contributed by atoms with Gasteiger partial charge >= 0.3 is 0 Å². The second-order valence-electron chi connectivity index (χ2n) is 5.13. The minimum Gasteiger partial charge on any atom is -0.493 e. The van der Waals surface area contributed by atoms with Crippen molar-refractivity contribution in [3.05, 3.63) is 29.8 Å². The van der Waals surface area contributed by atoms with Crippen LogP contribution in [0.3, 0.4) is 0 Å². The molecule has 0 heterocycles. The molecule has 2 N–H and O–H groups in total. The lowest BCUT2D eigenvalue weighted by Crippen LogP contribution is -2.20. The Balaban J connectivity index is 2.54. The molecule has 1 rings (SSSR count). The SMILES string of the molecule is CCC(C)(C)c1ccc(OCCC(N)C#N)cc1. The van der Waals surface area contributed by atoms with E-state index in [0.29, 0.717) is 13.0 Å². The fraction of sp³-hybridized carbons (Fsp3) is 0.533. The fourth-order valence-electron chi connectivity index (χ4n) is 1.57. The smallest absolute Gasteiger partial charge is 0.119 e. The van der Waals surface area contributed by atoms with Crippen LogP contribution in [0.4, 0.5) is 0 Å². The second-order valence-corrected chi connectivity index (χ2v) is 5.13. The van der Waals surface area contributed by atoms with Gasteiger partial charge in [-0.3, -0.25) is 0 Å². The summed E-state index contributed by atoms with van der Waals surface area (Å²) in [5.74, 6) is 0.829. The van der Waals surface area contributed by atoms with Crippen molar-refractivity contribution in [1.29, 1.82) is 5.26 Å². The van der Waals surface area contributed by atoms with E-state index >= 15 is 0 Å². The first-order valence-corrected chi connectivity index (χ1v) is 6.38. The van der Waals surface area contributed by atoms with Crippen molar-refractivity contribution in [2.75, 3.05) is 6.61 Å².